The molecule has 0 spiro atoms. The van der Waals surface area contributed by atoms with E-state index < -0.39 is 28.5 Å². The molecule has 0 unspecified atom stereocenters. The second kappa shape index (κ2) is 13.7. The molecule has 0 aliphatic carbocycles. The van der Waals surface area contributed by atoms with Crippen molar-refractivity contribution in [1.29, 1.82) is 0 Å². The van der Waals surface area contributed by atoms with Crippen LogP contribution in [-0.4, -0.2) is 44.3 Å². The highest BCUT2D eigenvalue weighted by atomic mass is 35.5. The molecule has 0 aromatic heterocycles. The minimum atomic E-state index is -4.26. The van der Waals surface area contributed by atoms with Gasteiger partial charge in [0.25, 0.3) is 10.0 Å². The summed E-state index contributed by atoms with van der Waals surface area (Å²) >= 11 is 24.8. The maximum Gasteiger partial charge on any atom is 0.264 e. The molecule has 39 heavy (non-hydrogen) atoms. The van der Waals surface area contributed by atoms with E-state index in [1.807, 2.05) is 6.92 Å². The lowest BCUT2D eigenvalue weighted by atomic mass is 10.1. The number of carbonyl (C=O) groups excluding carboxylic acids is 2. The van der Waals surface area contributed by atoms with Crippen LogP contribution in [0.5, 0.6) is 0 Å². The monoisotopic (exact) mass is 629 g/mol. The highest BCUT2D eigenvalue weighted by Gasteiger charge is 2.33. The number of carbonyl (C=O) groups is 2. The molecule has 12 heteroatoms. The molecule has 3 rings (SSSR count). The van der Waals surface area contributed by atoms with Crippen LogP contribution in [0.2, 0.25) is 20.1 Å². The summed E-state index contributed by atoms with van der Waals surface area (Å²) in [7, 11) is -4.26. The maximum absolute atomic E-state index is 13.9. The Kier molecular flexibility index (Phi) is 10.9. The Morgan fingerprint density at radius 2 is 1.56 bits per heavy atom. The fourth-order valence-corrected chi connectivity index (χ4v) is 5.93. The first-order valence-corrected chi connectivity index (χ1v) is 14.9. The predicted molar refractivity (Wildman–Crippen MR) is 157 cm³/mol. The average molecular weight is 631 g/mol. The molecule has 208 valence electrons. The van der Waals surface area contributed by atoms with E-state index in [1.54, 1.807) is 43.3 Å². The van der Waals surface area contributed by atoms with Gasteiger partial charge in [-0.1, -0.05) is 77.6 Å². The Balaban J connectivity index is 2.06. The summed E-state index contributed by atoms with van der Waals surface area (Å²) < 4.78 is 28.5. The van der Waals surface area contributed by atoms with Crippen LogP contribution < -0.4 is 9.62 Å². The molecular weight excluding hydrogens is 604 g/mol. The zero-order valence-electron chi connectivity index (χ0n) is 21.2. The Morgan fingerprint density at radius 1 is 0.897 bits per heavy atom. The standard InChI is InChI=1S/C27H27Cl4N3O4S/c1-3-13-32-27(36)18(2)33(16-19-9-11-22(29)24(31)14-19)26(35)17-34(25-15-20(28)10-12-23(25)30)39(37,38)21-7-5-4-6-8-21/h4-12,14-15,18H,3,13,16-17H2,1-2H3,(H,32,36)/t18-/m1/s1. The van der Waals surface area contributed by atoms with Gasteiger partial charge >= 0.3 is 0 Å². The molecule has 1 atom stereocenters. The Hall–Kier alpha value is -2.49. The lowest BCUT2D eigenvalue weighted by Gasteiger charge is -2.32. The third-order valence-corrected chi connectivity index (χ3v) is 8.91. The molecule has 0 heterocycles. The van der Waals surface area contributed by atoms with Crippen LogP contribution in [0.3, 0.4) is 0 Å². The van der Waals surface area contributed by atoms with E-state index in [-0.39, 0.29) is 38.1 Å². The van der Waals surface area contributed by atoms with E-state index >= 15 is 0 Å². The largest absolute Gasteiger partial charge is 0.354 e. The van der Waals surface area contributed by atoms with E-state index in [2.05, 4.69) is 5.32 Å². The number of rotatable bonds is 11. The van der Waals surface area contributed by atoms with E-state index in [0.29, 0.717) is 23.6 Å². The molecule has 1 N–H and O–H groups in total. The predicted octanol–water partition coefficient (Wildman–Crippen LogP) is 6.44. The molecule has 0 saturated heterocycles. The smallest absolute Gasteiger partial charge is 0.264 e. The molecule has 7 nitrogen and oxygen atoms in total. The summed E-state index contributed by atoms with van der Waals surface area (Å²) in [5, 5.41) is 3.71. The van der Waals surface area contributed by atoms with Gasteiger partial charge in [0.15, 0.2) is 0 Å². The number of hydrogen-bond acceptors (Lipinski definition) is 4. The number of nitrogens with one attached hydrogen (secondary N) is 1. The van der Waals surface area contributed by atoms with Crippen LogP contribution in [-0.2, 0) is 26.2 Å². The molecule has 0 fully saturated rings. The van der Waals surface area contributed by atoms with Gasteiger partial charge in [0.05, 0.1) is 25.7 Å². The topological polar surface area (TPSA) is 86.8 Å². The van der Waals surface area contributed by atoms with E-state index in [1.165, 1.54) is 35.2 Å². The zero-order chi connectivity index (χ0) is 28.7. The number of sulfonamides is 1. The van der Waals surface area contributed by atoms with Gasteiger partial charge in [-0.05, 0) is 61.4 Å². The highest BCUT2D eigenvalue weighted by Crippen LogP contribution is 2.33. The summed E-state index contributed by atoms with van der Waals surface area (Å²) in [6, 6.07) is 15.9. The summed E-state index contributed by atoms with van der Waals surface area (Å²) in [6.07, 6.45) is 0.704. The average Bonchev–Trinajstić information content (AvgIpc) is 2.92. The van der Waals surface area contributed by atoms with Gasteiger partial charge in [0, 0.05) is 18.1 Å². The molecule has 2 amide bonds. The number of benzene rings is 3. The molecule has 0 bridgehead atoms. The number of hydrogen-bond donors (Lipinski definition) is 1. The third-order valence-electron chi connectivity index (χ3n) is 5.84. The number of halogens is 4. The Labute approximate surface area is 248 Å². The van der Waals surface area contributed by atoms with Gasteiger partial charge in [-0.3, -0.25) is 13.9 Å². The second-order valence-electron chi connectivity index (χ2n) is 8.66. The van der Waals surface area contributed by atoms with Crippen LogP contribution in [0.4, 0.5) is 5.69 Å². The van der Waals surface area contributed by atoms with Crippen LogP contribution in [0.1, 0.15) is 25.8 Å². The number of amides is 2. The first-order chi connectivity index (χ1) is 18.4. The zero-order valence-corrected chi connectivity index (χ0v) is 25.0. The summed E-state index contributed by atoms with van der Waals surface area (Å²) in [6.45, 7) is 3.22. The molecular formula is C27H27Cl4N3O4S. The Morgan fingerprint density at radius 3 is 2.21 bits per heavy atom. The first-order valence-electron chi connectivity index (χ1n) is 12.0. The van der Waals surface area contributed by atoms with Crippen molar-refractivity contribution in [2.75, 3.05) is 17.4 Å². The van der Waals surface area contributed by atoms with E-state index in [4.69, 9.17) is 46.4 Å². The van der Waals surface area contributed by atoms with Crippen LogP contribution in [0, 0.1) is 0 Å². The van der Waals surface area contributed by atoms with Crippen molar-refractivity contribution in [3.8, 4) is 0 Å². The van der Waals surface area contributed by atoms with Crippen LogP contribution in [0.25, 0.3) is 0 Å². The Bertz CT molecular complexity index is 1440. The molecule has 0 aliphatic rings. The van der Waals surface area contributed by atoms with Gasteiger partial charge in [-0.15, -0.1) is 0 Å². The lowest BCUT2D eigenvalue weighted by molar-refractivity contribution is -0.139. The van der Waals surface area contributed by atoms with Crippen molar-refractivity contribution in [3.05, 3.63) is 92.4 Å². The fraction of sp³-hybridized carbons (Fsp3) is 0.259. The van der Waals surface area contributed by atoms with Crippen molar-refractivity contribution in [1.82, 2.24) is 10.2 Å². The van der Waals surface area contributed by atoms with Crippen LogP contribution >= 0.6 is 46.4 Å². The summed E-state index contributed by atoms with van der Waals surface area (Å²) in [4.78, 5) is 28.0. The quantitative estimate of drug-likeness (QED) is 0.264. The van der Waals surface area contributed by atoms with Crippen LogP contribution in [0.15, 0.2) is 71.6 Å². The summed E-state index contributed by atoms with van der Waals surface area (Å²) in [5.41, 5.74) is 0.630. The first kappa shape index (κ1) is 31.0. The fourth-order valence-electron chi connectivity index (χ4n) is 3.72. The molecule has 0 saturated carbocycles. The van der Waals surface area contributed by atoms with Gasteiger partial charge < -0.3 is 10.2 Å². The van der Waals surface area contributed by atoms with E-state index in [0.717, 1.165) is 4.31 Å². The number of anilines is 1. The van der Waals surface area contributed by atoms with Crippen molar-refractivity contribution in [2.24, 2.45) is 0 Å². The number of nitrogens with zero attached hydrogens (tertiary/aromatic N) is 2. The van der Waals surface area contributed by atoms with Crippen molar-refractivity contribution in [2.45, 2.75) is 37.8 Å². The SMILES string of the molecule is CCCNC(=O)[C@@H](C)N(Cc1ccc(Cl)c(Cl)c1)C(=O)CN(c1cc(Cl)ccc1Cl)S(=O)(=O)c1ccccc1. The van der Waals surface area contributed by atoms with Gasteiger partial charge in [-0.2, -0.15) is 0 Å². The minimum absolute atomic E-state index is 0.0268. The van der Waals surface area contributed by atoms with Gasteiger partial charge in [0.2, 0.25) is 11.8 Å². The van der Waals surface area contributed by atoms with Crippen molar-refractivity contribution in [3.63, 3.8) is 0 Å². The van der Waals surface area contributed by atoms with E-state index in [9.17, 15) is 18.0 Å². The van der Waals surface area contributed by atoms with Crippen molar-refractivity contribution < 1.29 is 18.0 Å². The molecule has 0 radical (unpaired) electrons. The lowest BCUT2D eigenvalue weighted by Crippen LogP contribution is -2.51. The molecule has 0 aliphatic heterocycles. The van der Waals surface area contributed by atoms with Gasteiger partial charge in [0.1, 0.15) is 12.6 Å². The normalized spacial score (nSPS) is 12.1. The summed E-state index contributed by atoms with van der Waals surface area (Å²) in [5.74, 6) is -1.03. The third kappa shape index (κ3) is 7.80. The minimum Gasteiger partial charge on any atom is -0.354 e. The molecule has 3 aromatic rings. The second-order valence-corrected chi connectivity index (χ2v) is 12.2. The van der Waals surface area contributed by atoms with Gasteiger partial charge in [-0.25, -0.2) is 8.42 Å². The maximum atomic E-state index is 13.9. The van der Waals surface area contributed by atoms with Crippen molar-refractivity contribution >= 4 is 73.9 Å². The highest BCUT2D eigenvalue weighted by molar-refractivity contribution is 7.92. The molecule has 3 aromatic carbocycles.